The molecule has 0 bridgehead atoms. The summed E-state index contributed by atoms with van der Waals surface area (Å²) in [6.07, 6.45) is 8.93. The molecule has 1 fully saturated rings. The summed E-state index contributed by atoms with van der Waals surface area (Å²) in [7, 11) is 3.59. The third-order valence-electron chi connectivity index (χ3n) is 3.82. The Morgan fingerprint density at radius 1 is 1.41 bits per heavy atom. The second-order valence-corrected chi connectivity index (χ2v) is 4.94. The molecular formula is C13H22N2O2. The van der Waals surface area contributed by atoms with E-state index in [1.165, 1.54) is 19.3 Å². The van der Waals surface area contributed by atoms with Crippen LogP contribution in [0.5, 0.6) is 0 Å². The van der Waals surface area contributed by atoms with Gasteiger partial charge in [0.05, 0.1) is 6.10 Å². The smallest absolute Gasteiger partial charge is 0.140 e. The van der Waals surface area contributed by atoms with Crippen LogP contribution in [0.1, 0.15) is 44.0 Å². The highest BCUT2D eigenvalue weighted by Crippen LogP contribution is 2.33. The van der Waals surface area contributed by atoms with Gasteiger partial charge in [-0.3, -0.25) is 0 Å². The van der Waals surface area contributed by atoms with E-state index in [2.05, 4.69) is 4.98 Å². The highest BCUT2D eigenvalue weighted by atomic mass is 16.5. The molecule has 96 valence electrons. The zero-order valence-electron chi connectivity index (χ0n) is 10.7. The van der Waals surface area contributed by atoms with Crippen molar-refractivity contribution >= 4 is 0 Å². The van der Waals surface area contributed by atoms with Gasteiger partial charge in [0.25, 0.3) is 0 Å². The van der Waals surface area contributed by atoms with Gasteiger partial charge < -0.3 is 14.4 Å². The highest BCUT2D eigenvalue weighted by Gasteiger charge is 2.32. The minimum atomic E-state index is -0.622. The van der Waals surface area contributed by atoms with Crippen molar-refractivity contribution in [1.29, 1.82) is 0 Å². The summed E-state index contributed by atoms with van der Waals surface area (Å²) in [5.41, 5.74) is 0. The first kappa shape index (κ1) is 12.6. The van der Waals surface area contributed by atoms with Crippen LogP contribution in [-0.2, 0) is 11.8 Å². The predicted molar refractivity (Wildman–Crippen MR) is 65.5 cm³/mol. The molecule has 0 saturated heterocycles. The molecule has 1 aromatic rings. The topological polar surface area (TPSA) is 47.3 Å². The maximum absolute atomic E-state index is 10.4. The first-order chi connectivity index (χ1) is 8.24. The lowest BCUT2D eigenvalue weighted by molar-refractivity contribution is -0.0603. The van der Waals surface area contributed by atoms with Crippen molar-refractivity contribution in [3.63, 3.8) is 0 Å². The summed E-state index contributed by atoms with van der Waals surface area (Å²) in [6.45, 7) is 0. The molecule has 0 aromatic carbocycles. The molecule has 1 saturated carbocycles. The fraction of sp³-hybridized carbons (Fsp3) is 0.769. The van der Waals surface area contributed by atoms with Crippen LogP contribution in [0.15, 0.2) is 12.4 Å². The fourth-order valence-corrected chi connectivity index (χ4v) is 2.85. The number of aryl methyl sites for hydroxylation is 1. The van der Waals surface area contributed by atoms with Crippen LogP contribution in [0, 0.1) is 5.92 Å². The van der Waals surface area contributed by atoms with E-state index in [0.29, 0.717) is 11.7 Å². The van der Waals surface area contributed by atoms with Gasteiger partial charge in [-0.2, -0.15) is 0 Å². The largest absolute Gasteiger partial charge is 0.382 e. The average molecular weight is 238 g/mol. The van der Waals surface area contributed by atoms with E-state index in [4.69, 9.17) is 4.74 Å². The Hall–Kier alpha value is -0.870. The van der Waals surface area contributed by atoms with Crippen molar-refractivity contribution in [2.24, 2.45) is 13.0 Å². The molecule has 4 heteroatoms. The number of ether oxygens (including phenoxy) is 1. The molecule has 1 aliphatic rings. The predicted octanol–water partition coefficient (Wildman–Crippen LogP) is 2.05. The van der Waals surface area contributed by atoms with Crippen molar-refractivity contribution < 1.29 is 9.84 Å². The molecule has 1 N–H and O–H groups in total. The van der Waals surface area contributed by atoms with Crippen molar-refractivity contribution in [3.8, 4) is 0 Å². The normalized spacial score (nSPS) is 21.4. The van der Waals surface area contributed by atoms with Crippen LogP contribution in [0.4, 0.5) is 0 Å². The molecule has 2 rings (SSSR count). The number of aliphatic hydroxyl groups is 1. The summed E-state index contributed by atoms with van der Waals surface area (Å²) in [5, 5.41) is 10.4. The van der Waals surface area contributed by atoms with Crippen molar-refractivity contribution in [1.82, 2.24) is 9.55 Å². The SMILES string of the molecule is COC(C1CCCCC1)C(O)c1nccn1C. The van der Waals surface area contributed by atoms with E-state index in [-0.39, 0.29) is 6.10 Å². The number of nitrogens with zero attached hydrogens (tertiary/aromatic N) is 2. The van der Waals surface area contributed by atoms with E-state index in [0.717, 1.165) is 12.8 Å². The molecule has 0 aliphatic heterocycles. The Kier molecular flexibility index (Phi) is 4.18. The van der Waals surface area contributed by atoms with E-state index in [1.807, 2.05) is 17.8 Å². The number of rotatable bonds is 4. The molecular weight excluding hydrogens is 216 g/mol. The summed E-state index contributed by atoms with van der Waals surface area (Å²) in [6, 6.07) is 0. The quantitative estimate of drug-likeness (QED) is 0.873. The summed E-state index contributed by atoms with van der Waals surface area (Å²) in [5.74, 6) is 1.16. The number of hydrogen-bond acceptors (Lipinski definition) is 3. The van der Waals surface area contributed by atoms with Crippen LogP contribution in [-0.4, -0.2) is 27.9 Å². The molecule has 0 radical (unpaired) electrons. The number of hydrogen-bond donors (Lipinski definition) is 1. The summed E-state index contributed by atoms with van der Waals surface area (Å²) in [4.78, 5) is 4.21. The van der Waals surface area contributed by atoms with Crippen LogP contribution in [0.3, 0.4) is 0 Å². The van der Waals surface area contributed by atoms with Crippen molar-refractivity contribution in [2.45, 2.75) is 44.3 Å². The minimum Gasteiger partial charge on any atom is -0.382 e. The molecule has 2 unspecified atom stereocenters. The Morgan fingerprint density at radius 2 is 2.12 bits per heavy atom. The monoisotopic (exact) mass is 238 g/mol. The molecule has 0 spiro atoms. The van der Waals surface area contributed by atoms with E-state index >= 15 is 0 Å². The van der Waals surface area contributed by atoms with Gasteiger partial charge in [0.1, 0.15) is 11.9 Å². The van der Waals surface area contributed by atoms with Gasteiger partial charge in [-0.15, -0.1) is 0 Å². The second-order valence-electron chi connectivity index (χ2n) is 4.94. The zero-order chi connectivity index (χ0) is 12.3. The molecule has 1 heterocycles. The van der Waals surface area contributed by atoms with Gasteiger partial charge in [0, 0.05) is 26.6 Å². The average Bonchev–Trinajstić information content (AvgIpc) is 2.77. The van der Waals surface area contributed by atoms with Gasteiger partial charge in [-0.1, -0.05) is 19.3 Å². The molecule has 1 aliphatic carbocycles. The van der Waals surface area contributed by atoms with Crippen LogP contribution in [0.25, 0.3) is 0 Å². The van der Waals surface area contributed by atoms with Gasteiger partial charge in [0.2, 0.25) is 0 Å². The lowest BCUT2D eigenvalue weighted by Crippen LogP contribution is -2.32. The maximum atomic E-state index is 10.4. The fourth-order valence-electron chi connectivity index (χ4n) is 2.85. The van der Waals surface area contributed by atoms with Crippen LogP contribution in [0.2, 0.25) is 0 Å². The number of aromatic nitrogens is 2. The molecule has 17 heavy (non-hydrogen) atoms. The number of imidazole rings is 1. The Labute approximate surface area is 103 Å². The Bertz CT molecular complexity index is 345. The maximum Gasteiger partial charge on any atom is 0.140 e. The third-order valence-corrected chi connectivity index (χ3v) is 3.82. The van der Waals surface area contributed by atoms with Gasteiger partial charge >= 0.3 is 0 Å². The number of methoxy groups -OCH3 is 1. The van der Waals surface area contributed by atoms with Crippen LogP contribution >= 0.6 is 0 Å². The minimum absolute atomic E-state index is 0.128. The molecule has 0 amide bonds. The third kappa shape index (κ3) is 2.69. The first-order valence-electron chi connectivity index (χ1n) is 6.42. The van der Waals surface area contributed by atoms with E-state index in [9.17, 15) is 5.11 Å². The van der Waals surface area contributed by atoms with Gasteiger partial charge in [-0.25, -0.2) is 4.98 Å². The Morgan fingerprint density at radius 3 is 2.65 bits per heavy atom. The molecule has 4 nitrogen and oxygen atoms in total. The van der Waals surface area contributed by atoms with Crippen molar-refractivity contribution in [2.75, 3.05) is 7.11 Å². The van der Waals surface area contributed by atoms with Gasteiger partial charge in [-0.05, 0) is 18.8 Å². The lowest BCUT2D eigenvalue weighted by atomic mass is 9.83. The zero-order valence-corrected chi connectivity index (χ0v) is 10.7. The van der Waals surface area contributed by atoms with E-state index in [1.54, 1.807) is 13.3 Å². The first-order valence-corrected chi connectivity index (χ1v) is 6.42. The van der Waals surface area contributed by atoms with Crippen LogP contribution < -0.4 is 0 Å². The number of aliphatic hydroxyl groups excluding tert-OH is 1. The molecule has 2 atom stereocenters. The summed E-state index contributed by atoms with van der Waals surface area (Å²) >= 11 is 0. The van der Waals surface area contributed by atoms with Crippen molar-refractivity contribution in [3.05, 3.63) is 18.2 Å². The highest BCUT2D eigenvalue weighted by molar-refractivity contribution is 4.99. The lowest BCUT2D eigenvalue weighted by Gasteiger charge is -2.32. The van der Waals surface area contributed by atoms with E-state index < -0.39 is 6.10 Å². The Balaban J connectivity index is 2.09. The van der Waals surface area contributed by atoms with Gasteiger partial charge in [0.15, 0.2) is 0 Å². The summed E-state index contributed by atoms with van der Waals surface area (Å²) < 4.78 is 7.39. The second kappa shape index (κ2) is 5.65. The standard InChI is InChI=1S/C13H22N2O2/c1-15-9-8-14-13(15)11(16)12(17-2)10-6-4-3-5-7-10/h8-12,16H,3-7H2,1-2H3. The molecule has 1 aromatic heterocycles.